The predicted octanol–water partition coefficient (Wildman–Crippen LogP) is 8.05. The van der Waals surface area contributed by atoms with Gasteiger partial charge in [-0.05, 0) is 85.4 Å². The molecular formula is C40H38N8O3S2. The van der Waals surface area contributed by atoms with Crippen LogP contribution in [0.15, 0.2) is 103 Å². The topological polar surface area (TPSA) is 132 Å². The summed E-state index contributed by atoms with van der Waals surface area (Å²) in [6.45, 7) is 8.49. The number of hydrogen-bond acceptors (Lipinski definition) is 10. The molecule has 6 aromatic rings. The van der Waals surface area contributed by atoms with Gasteiger partial charge in [-0.1, -0.05) is 31.2 Å². The number of amides is 3. The second-order valence-corrected chi connectivity index (χ2v) is 14.7. The number of benzene rings is 2. The van der Waals surface area contributed by atoms with Crippen LogP contribution in [-0.2, 0) is 0 Å². The third kappa shape index (κ3) is 8.66. The molecule has 3 N–H and O–H groups in total. The first-order chi connectivity index (χ1) is 25.8. The first-order valence-corrected chi connectivity index (χ1v) is 19.1. The fourth-order valence-corrected chi connectivity index (χ4v) is 7.77. The van der Waals surface area contributed by atoms with Crippen LogP contribution in [-0.4, -0.2) is 75.2 Å². The number of pyridine rings is 1. The normalized spacial score (nSPS) is 13.1. The number of hydrogen-bond donors (Lipinski definition) is 3. The minimum absolute atomic E-state index is 0.0497. The van der Waals surface area contributed by atoms with Gasteiger partial charge in [-0.3, -0.25) is 24.3 Å². The van der Waals surface area contributed by atoms with Gasteiger partial charge in [0.1, 0.15) is 0 Å². The van der Waals surface area contributed by atoms with Gasteiger partial charge in [0.2, 0.25) is 5.95 Å². The van der Waals surface area contributed by atoms with Crippen LogP contribution in [0.4, 0.5) is 23.0 Å². The number of nitrogens with zero attached hydrogens (tertiary/aromatic N) is 5. The van der Waals surface area contributed by atoms with Crippen molar-refractivity contribution in [3.63, 3.8) is 0 Å². The second-order valence-electron chi connectivity index (χ2n) is 12.6. The highest BCUT2D eigenvalue weighted by molar-refractivity contribution is 7.22. The van der Waals surface area contributed by atoms with E-state index in [0.717, 1.165) is 65.7 Å². The molecule has 5 heterocycles. The molecule has 0 saturated carbocycles. The molecule has 1 aliphatic rings. The lowest BCUT2D eigenvalue weighted by Gasteiger charge is -2.34. The summed E-state index contributed by atoms with van der Waals surface area (Å²) in [5, 5.41) is 11.1. The Morgan fingerprint density at radius 2 is 1.62 bits per heavy atom. The summed E-state index contributed by atoms with van der Waals surface area (Å²) in [4.78, 5) is 59.7. The zero-order valence-electron chi connectivity index (χ0n) is 29.3. The van der Waals surface area contributed by atoms with Gasteiger partial charge in [0.05, 0.1) is 28.0 Å². The van der Waals surface area contributed by atoms with E-state index in [2.05, 4.69) is 37.7 Å². The van der Waals surface area contributed by atoms with Gasteiger partial charge in [0, 0.05) is 70.8 Å². The van der Waals surface area contributed by atoms with E-state index >= 15 is 0 Å². The van der Waals surface area contributed by atoms with Crippen molar-refractivity contribution in [3.8, 4) is 21.0 Å². The Kier molecular flexibility index (Phi) is 10.9. The van der Waals surface area contributed by atoms with Gasteiger partial charge in [-0.15, -0.1) is 22.7 Å². The molecule has 2 aromatic carbocycles. The first-order valence-electron chi connectivity index (χ1n) is 17.4. The molecule has 3 amide bonds. The van der Waals surface area contributed by atoms with E-state index in [-0.39, 0.29) is 17.7 Å². The number of aromatic nitrogens is 3. The van der Waals surface area contributed by atoms with Crippen LogP contribution < -0.4 is 16.0 Å². The van der Waals surface area contributed by atoms with Crippen LogP contribution in [0.2, 0.25) is 0 Å². The Bertz CT molecular complexity index is 2230. The van der Waals surface area contributed by atoms with Crippen molar-refractivity contribution in [1.82, 2.24) is 24.8 Å². The first kappa shape index (κ1) is 35.6. The number of aryl methyl sites for hydroxylation is 1. The summed E-state index contributed by atoms with van der Waals surface area (Å²) in [5.74, 6) is -0.205. The average molecular weight is 743 g/mol. The smallest absolute Gasteiger partial charge is 0.265 e. The number of nitrogens with one attached hydrogen (secondary N) is 3. The van der Waals surface area contributed by atoms with E-state index in [1.54, 1.807) is 29.7 Å². The molecule has 0 atom stereocenters. The fraction of sp³-hybridized carbons (Fsp3) is 0.200. The number of carbonyl (C=O) groups excluding carboxylic acids is 3. The standard InChI is InChI=1S/C40H38N8O3S2/c1-3-16-47-17-19-48(20-18-47)39(51)28-9-7-27(8-10-28)32-14-15-42-40(45-32)46-33-23-30(11-6-26(33)2)43-37(49)29-22-31(25-41-24-29)44-38(50)36-13-12-35(53-36)34-5-4-21-52-34/h4-15,21-25H,3,16-20H2,1-2H3,(H,43,49)(H,44,50)(H,42,45,46). The van der Waals surface area contributed by atoms with Crippen LogP contribution in [0.25, 0.3) is 21.0 Å². The molecule has 53 heavy (non-hydrogen) atoms. The van der Waals surface area contributed by atoms with Crippen molar-refractivity contribution in [2.75, 3.05) is 48.7 Å². The molecule has 0 aliphatic carbocycles. The molecule has 268 valence electrons. The van der Waals surface area contributed by atoms with Crippen molar-refractivity contribution < 1.29 is 14.4 Å². The van der Waals surface area contributed by atoms with Crippen LogP contribution in [0.1, 0.15) is 49.3 Å². The van der Waals surface area contributed by atoms with E-state index in [0.29, 0.717) is 39.0 Å². The number of anilines is 4. The Morgan fingerprint density at radius 1 is 0.811 bits per heavy atom. The van der Waals surface area contributed by atoms with Crippen molar-refractivity contribution >= 4 is 63.4 Å². The van der Waals surface area contributed by atoms with Crippen LogP contribution >= 0.6 is 22.7 Å². The summed E-state index contributed by atoms with van der Waals surface area (Å²) >= 11 is 3.03. The minimum atomic E-state index is -0.376. The number of piperazine rings is 1. The highest BCUT2D eigenvalue weighted by Gasteiger charge is 2.22. The zero-order valence-corrected chi connectivity index (χ0v) is 31.0. The van der Waals surface area contributed by atoms with Crippen LogP contribution in [0.3, 0.4) is 0 Å². The van der Waals surface area contributed by atoms with Crippen molar-refractivity contribution in [2.45, 2.75) is 20.3 Å². The number of thiophene rings is 2. The Balaban J connectivity index is 0.976. The molecule has 0 spiro atoms. The summed E-state index contributed by atoms with van der Waals surface area (Å²) in [6.07, 6.45) is 5.76. The molecule has 0 unspecified atom stereocenters. The average Bonchev–Trinajstić information content (AvgIpc) is 3.90. The van der Waals surface area contributed by atoms with E-state index in [1.807, 2.05) is 83.9 Å². The third-order valence-electron chi connectivity index (χ3n) is 8.88. The highest BCUT2D eigenvalue weighted by atomic mass is 32.1. The maximum absolute atomic E-state index is 13.3. The summed E-state index contributed by atoms with van der Waals surface area (Å²) < 4.78 is 0. The van der Waals surface area contributed by atoms with Gasteiger partial charge in [0.15, 0.2) is 0 Å². The largest absolute Gasteiger partial charge is 0.336 e. The fourth-order valence-electron chi connectivity index (χ4n) is 6.03. The quantitative estimate of drug-likeness (QED) is 0.122. The molecule has 1 saturated heterocycles. The maximum Gasteiger partial charge on any atom is 0.265 e. The van der Waals surface area contributed by atoms with Gasteiger partial charge in [-0.2, -0.15) is 0 Å². The molecule has 1 aliphatic heterocycles. The van der Waals surface area contributed by atoms with Gasteiger partial charge in [-0.25, -0.2) is 9.97 Å². The van der Waals surface area contributed by atoms with Crippen molar-refractivity contribution in [3.05, 3.63) is 124 Å². The molecule has 11 nitrogen and oxygen atoms in total. The van der Waals surface area contributed by atoms with Gasteiger partial charge >= 0.3 is 0 Å². The lowest BCUT2D eigenvalue weighted by Crippen LogP contribution is -2.48. The second kappa shape index (κ2) is 16.3. The van der Waals surface area contributed by atoms with E-state index in [9.17, 15) is 14.4 Å². The molecule has 4 aromatic heterocycles. The molecule has 0 radical (unpaired) electrons. The SMILES string of the molecule is CCCN1CCN(C(=O)c2ccc(-c3ccnc(Nc4cc(NC(=O)c5cncc(NC(=O)c6ccc(-c7cccs7)s6)c5)ccc4C)n3)cc2)CC1. The minimum Gasteiger partial charge on any atom is -0.336 e. The lowest BCUT2D eigenvalue weighted by molar-refractivity contribution is 0.0637. The monoisotopic (exact) mass is 742 g/mol. The molecule has 13 heteroatoms. The maximum atomic E-state index is 13.3. The molecular weight excluding hydrogens is 705 g/mol. The van der Waals surface area contributed by atoms with Crippen molar-refractivity contribution in [2.24, 2.45) is 0 Å². The summed E-state index contributed by atoms with van der Waals surface area (Å²) in [6, 6.07) is 24.2. The third-order valence-corrected chi connectivity index (χ3v) is 11.0. The zero-order chi connectivity index (χ0) is 36.7. The Morgan fingerprint density at radius 3 is 2.40 bits per heavy atom. The summed E-state index contributed by atoms with van der Waals surface area (Å²) in [7, 11) is 0. The molecule has 7 rings (SSSR count). The molecule has 0 bridgehead atoms. The van der Waals surface area contributed by atoms with Crippen LogP contribution in [0.5, 0.6) is 0 Å². The lowest BCUT2D eigenvalue weighted by atomic mass is 10.1. The van der Waals surface area contributed by atoms with E-state index < -0.39 is 0 Å². The number of rotatable bonds is 11. The van der Waals surface area contributed by atoms with E-state index in [1.165, 1.54) is 23.7 Å². The predicted molar refractivity (Wildman–Crippen MR) is 212 cm³/mol. The van der Waals surface area contributed by atoms with E-state index in [4.69, 9.17) is 4.98 Å². The van der Waals surface area contributed by atoms with Crippen molar-refractivity contribution in [1.29, 1.82) is 0 Å². The van der Waals surface area contributed by atoms with Crippen LogP contribution in [0, 0.1) is 6.92 Å². The highest BCUT2D eigenvalue weighted by Crippen LogP contribution is 2.32. The molecule has 1 fully saturated rings. The van der Waals surface area contributed by atoms with Gasteiger partial charge in [0.25, 0.3) is 17.7 Å². The Hall–Kier alpha value is -5.76. The Labute approximate surface area is 315 Å². The van der Waals surface area contributed by atoms with Gasteiger partial charge < -0.3 is 20.9 Å². The summed E-state index contributed by atoms with van der Waals surface area (Å²) in [5.41, 5.74) is 5.14. The number of carbonyl (C=O) groups is 3.